The van der Waals surface area contributed by atoms with Gasteiger partial charge in [0.25, 0.3) is 6.43 Å². The lowest BCUT2D eigenvalue weighted by molar-refractivity contribution is 0.127. The van der Waals surface area contributed by atoms with Crippen LogP contribution in [0, 0.1) is 5.92 Å². The van der Waals surface area contributed by atoms with E-state index in [4.69, 9.17) is 15.6 Å². The minimum absolute atomic E-state index is 0.106. The lowest BCUT2D eigenvalue weighted by Crippen LogP contribution is -2.49. The van der Waals surface area contributed by atoms with Gasteiger partial charge in [-0.1, -0.05) is 13.8 Å². The van der Waals surface area contributed by atoms with Crippen LogP contribution in [0.3, 0.4) is 0 Å². The molecule has 0 aromatic carbocycles. The molecular formula is C20H25F3N4O3. The van der Waals surface area contributed by atoms with Gasteiger partial charge in [-0.25, -0.2) is 27.9 Å². The zero-order valence-electron chi connectivity index (χ0n) is 17.0. The molecule has 0 aliphatic carbocycles. The van der Waals surface area contributed by atoms with Crippen molar-refractivity contribution >= 4 is 11.9 Å². The van der Waals surface area contributed by atoms with Gasteiger partial charge in [0.05, 0.1) is 11.2 Å². The first-order chi connectivity index (χ1) is 14.1. The summed E-state index contributed by atoms with van der Waals surface area (Å²) in [6, 6.07) is 5.72. The molecule has 0 unspecified atom stereocenters. The van der Waals surface area contributed by atoms with E-state index in [0.717, 1.165) is 4.90 Å². The first-order valence-corrected chi connectivity index (χ1v) is 9.26. The normalized spacial score (nSPS) is 13.4. The molecule has 164 valence electrons. The summed E-state index contributed by atoms with van der Waals surface area (Å²) in [6.45, 7) is 2.63. The van der Waals surface area contributed by atoms with Gasteiger partial charge in [0.15, 0.2) is 0 Å². The van der Waals surface area contributed by atoms with Crippen LogP contribution in [-0.4, -0.2) is 47.0 Å². The quantitative estimate of drug-likeness (QED) is 0.620. The van der Waals surface area contributed by atoms with Crippen molar-refractivity contribution in [1.82, 2.24) is 9.97 Å². The van der Waals surface area contributed by atoms with Crippen molar-refractivity contribution in [2.24, 2.45) is 11.7 Å². The van der Waals surface area contributed by atoms with Crippen molar-refractivity contribution in [3.05, 3.63) is 36.2 Å². The third-order valence-corrected chi connectivity index (χ3v) is 4.36. The molecule has 0 saturated carbocycles. The average molecular weight is 426 g/mol. The number of alkyl halides is 3. The summed E-state index contributed by atoms with van der Waals surface area (Å²) in [7, 11) is 1.31. The van der Waals surface area contributed by atoms with E-state index in [9.17, 15) is 18.0 Å². The predicted octanol–water partition coefficient (Wildman–Crippen LogP) is 4.29. The van der Waals surface area contributed by atoms with Gasteiger partial charge < -0.3 is 15.6 Å². The van der Waals surface area contributed by atoms with Crippen LogP contribution in [-0.2, 0) is 0 Å². The Morgan fingerprint density at radius 2 is 2.03 bits per heavy atom. The molecule has 0 saturated heterocycles. The number of halogens is 3. The summed E-state index contributed by atoms with van der Waals surface area (Å²) >= 11 is 0. The molecule has 3 N–H and O–H groups in total. The van der Waals surface area contributed by atoms with Crippen LogP contribution in [0.1, 0.15) is 32.4 Å². The van der Waals surface area contributed by atoms with Gasteiger partial charge >= 0.3 is 6.09 Å². The Balaban J connectivity index is 2.32. The Hall–Kier alpha value is -2.88. The molecule has 30 heavy (non-hydrogen) atoms. The molecule has 1 atom stereocenters. The van der Waals surface area contributed by atoms with Gasteiger partial charge in [-0.15, -0.1) is 0 Å². The van der Waals surface area contributed by atoms with Crippen LogP contribution in [0.5, 0.6) is 5.75 Å². The Morgan fingerprint density at radius 1 is 1.33 bits per heavy atom. The highest BCUT2D eigenvalue weighted by molar-refractivity contribution is 5.84. The second-order valence-corrected chi connectivity index (χ2v) is 7.51. The molecule has 0 fully saturated rings. The molecule has 2 rings (SSSR count). The lowest BCUT2D eigenvalue weighted by atomic mass is 9.92. The third-order valence-electron chi connectivity index (χ3n) is 4.36. The molecular weight excluding hydrogens is 401 g/mol. The highest BCUT2D eigenvalue weighted by Gasteiger charge is 2.29. The number of nitrogens with zero attached hydrogens (tertiary/aromatic N) is 3. The fraction of sp³-hybridized carbons (Fsp3) is 0.450. The fourth-order valence-electron chi connectivity index (χ4n) is 2.95. The summed E-state index contributed by atoms with van der Waals surface area (Å²) < 4.78 is 46.0. The van der Waals surface area contributed by atoms with Crippen molar-refractivity contribution in [1.29, 1.82) is 0 Å². The molecule has 0 aliphatic heterocycles. The van der Waals surface area contributed by atoms with Crippen LogP contribution in [0.4, 0.5) is 23.8 Å². The number of carbonyl (C=O) groups is 1. The summed E-state index contributed by atoms with van der Waals surface area (Å²) in [6.07, 6.45) is -2.47. The van der Waals surface area contributed by atoms with Gasteiger partial charge in [-0.05, 0) is 36.6 Å². The van der Waals surface area contributed by atoms with E-state index < -0.39 is 30.4 Å². The zero-order valence-corrected chi connectivity index (χ0v) is 17.0. The standard InChI is InChI=1S/C20H25F3N4O3/c1-12(2)9-20(24,10-21)11-30-15-5-4-14(26-17(15)18(22)23)13-6-7-25-16(8-13)27(3)19(28)29/h4-8,12,18H,9-11,24H2,1-3H3,(H,28,29)/t20-/m0/s1. The summed E-state index contributed by atoms with van der Waals surface area (Å²) in [5.41, 5.74) is 4.69. The second kappa shape index (κ2) is 9.75. The highest BCUT2D eigenvalue weighted by atomic mass is 19.3. The fourth-order valence-corrected chi connectivity index (χ4v) is 2.95. The largest absolute Gasteiger partial charge is 0.489 e. The van der Waals surface area contributed by atoms with Gasteiger partial charge in [-0.3, -0.25) is 4.90 Å². The molecule has 0 spiro atoms. The molecule has 0 radical (unpaired) electrons. The molecule has 2 aromatic heterocycles. The van der Waals surface area contributed by atoms with E-state index in [1.54, 1.807) is 0 Å². The molecule has 10 heteroatoms. The third kappa shape index (κ3) is 5.82. The number of hydrogen-bond donors (Lipinski definition) is 2. The second-order valence-electron chi connectivity index (χ2n) is 7.51. The molecule has 7 nitrogen and oxygen atoms in total. The number of rotatable bonds is 9. The predicted molar refractivity (Wildman–Crippen MR) is 107 cm³/mol. The molecule has 0 bridgehead atoms. The Kier molecular flexibility index (Phi) is 7.60. The van der Waals surface area contributed by atoms with Crippen LogP contribution < -0.4 is 15.4 Å². The van der Waals surface area contributed by atoms with Gasteiger partial charge in [0, 0.05) is 18.8 Å². The van der Waals surface area contributed by atoms with Crippen LogP contribution in [0.25, 0.3) is 11.3 Å². The summed E-state index contributed by atoms with van der Waals surface area (Å²) in [5, 5.41) is 9.07. The number of nitrogens with two attached hydrogens (primary N) is 1. The maximum absolute atomic E-state index is 13.6. The highest BCUT2D eigenvalue weighted by Crippen LogP contribution is 2.32. The molecule has 2 aromatic rings. The van der Waals surface area contributed by atoms with Gasteiger partial charge in [0.2, 0.25) is 0 Å². The number of hydrogen-bond acceptors (Lipinski definition) is 5. The monoisotopic (exact) mass is 426 g/mol. The smallest absolute Gasteiger partial charge is 0.412 e. The van der Waals surface area contributed by atoms with E-state index in [-0.39, 0.29) is 29.8 Å². The van der Waals surface area contributed by atoms with Crippen LogP contribution >= 0.6 is 0 Å². The van der Waals surface area contributed by atoms with Crippen molar-refractivity contribution in [2.45, 2.75) is 32.2 Å². The van der Waals surface area contributed by atoms with E-state index in [1.807, 2.05) is 13.8 Å². The maximum atomic E-state index is 13.6. The molecule has 2 heterocycles. The Labute approximate surface area is 172 Å². The van der Waals surface area contributed by atoms with Crippen molar-refractivity contribution in [3.8, 4) is 17.0 Å². The number of anilines is 1. The van der Waals surface area contributed by atoms with E-state index in [2.05, 4.69) is 9.97 Å². The summed E-state index contributed by atoms with van der Waals surface area (Å²) in [5.74, 6) is 0.0391. The first kappa shape index (κ1) is 23.4. The van der Waals surface area contributed by atoms with Crippen molar-refractivity contribution < 1.29 is 27.8 Å². The number of amides is 1. The number of pyridine rings is 2. The Bertz CT molecular complexity index is 882. The maximum Gasteiger partial charge on any atom is 0.412 e. The van der Waals surface area contributed by atoms with Crippen molar-refractivity contribution in [2.75, 3.05) is 25.2 Å². The minimum atomic E-state index is -2.94. The van der Waals surface area contributed by atoms with E-state index in [1.165, 1.54) is 37.5 Å². The van der Waals surface area contributed by atoms with E-state index in [0.29, 0.717) is 12.0 Å². The summed E-state index contributed by atoms with van der Waals surface area (Å²) in [4.78, 5) is 19.9. The lowest BCUT2D eigenvalue weighted by Gasteiger charge is -2.28. The number of aromatic nitrogens is 2. The molecule has 1 amide bonds. The number of ether oxygens (including phenoxy) is 1. The first-order valence-electron chi connectivity index (χ1n) is 9.26. The SMILES string of the molecule is CC(C)C[C@](N)(CF)COc1ccc(-c2ccnc(N(C)C(=O)O)c2)nc1C(F)F. The Morgan fingerprint density at radius 3 is 2.60 bits per heavy atom. The zero-order chi connectivity index (χ0) is 22.5. The van der Waals surface area contributed by atoms with Crippen LogP contribution in [0.2, 0.25) is 0 Å². The van der Waals surface area contributed by atoms with Crippen LogP contribution in [0.15, 0.2) is 30.5 Å². The van der Waals surface area contributed by atoms with Gasteiger partial charge in [-0.2, -0.15) is 0 Å². The molecule has 0 aliphatic rings. The van der Waals surface area contributed by atoms with E-state index >= 15 is 0 Å². The average Bonchev–Trinajstić information content (AvgIpc) is 2.71. The minimum Gasteiger partial charge on any atom is -0.489 e. The topological polar surface area (TPSA) is 102 Å². The van der Waals surface area contributed by atoms with Crippen molar-refractivity contribution in [3.63, 3.8) is 0 Å². The van der Waals surface area contributed by atoms with Gasteiger partial charge in [0.1, 0.15) is 30.5 Å². The number of carboxylic acid groups (broad SMARTS) is 1.